The van der Waals surface area contributed by atoms with Gasteiger partial charge in [0.05, 0.1) is 16.8 Å². The molecule has 2 aliphatic heterocycles. The van der Waals surface area contributed by atoms with Gasteiger partial charge in [-0.3, -0.25) is 4.79 Å². The lowest BCUT2D eigenvalue weighted by Crippen LogP contribution is -2.54. The molecule has 0 radical (unpaired) electrons. The molecule has 6 nitrogen and oxygen atoms in total. The minimum absolute atomic E-state index is 0.0636. The number of nitrogens with zero attached hydrogens (tertiary/aromatic N) is 4. The van der Waals surface area contributed by atoms with E-state index in [2.05, 4.69) is 21.8 Å². The Hall–Kier alpha value is -1.90. The number of anilines is 1. The molecule has 0 unspecified atom stereocenters. The van der Waals surface area contributed by atoms with E-state index >= 15 is 0 Å². The SMILES string of the molecule is C[C@H]1SCc2ncnc(N3CCN(C(=O)[C@H](N)Cc4ccc(Cl)c(F)c4)CC3)c21. The van der Waals surface area contributed by atoms with E-state index in [0.29, 0.717) is 37.0 Å². The molecule has 0 aliphatic carbocycles. The van der Waals surface area contributed by atoms with Crippen LogP contribution in [0.3, 0.4) is 0 Å². The number of nitrogens with two attached hydrogens (primary N) is 1. The predicted molar refractivity (Wildman–Crippen MR) is 114 cm³/mol. The first-order valence-corrected chi connectivity index (χ1v) is 11.1. The van der Waals surface area contributed by atoms with Crippen molar-refractivity contribution < 1.29 is 9.18 Å². The van der Waals surface area contributed by atoms with Crippen molar-refractivity contribution in [2.24, 2.45) is 5.73 Å². The Morgan fingerprint density at radius 1 is 1.34 bits per heavy atom. The summed E-state index contributed by atoms with van der Waals surface area (Å²) in [5.74, 6) is 1.30. The largest absolute Gasteiger partial charge is 0.353 e. The molecule has 1 aromatic carbocycles. The van der Waals surface area contributed by atoms with E-state index < -0.39 is 11.9 Å². The Kier molecular flexibility index (Phi) is 5.94. The topological polar surface area (TPSA) is 75.4 Å². The molecule has 29 heavy (non-hydrogen) atoms. The third-order valence-corrected chi connectivity index (χ3v) is 6.95. The maximum atomic E-state index is 13.6. The highest BCUT2D eigenvalue weighted by atomic mass is 35.5. The van der Waals surface area contributed by atoms with E-state index in [-0.39, 0.29) is 17.4 Å². The van der Waals surface area contributed by atoms with Gasteiger partial charge in [-0.25, -0.2) is 14.4 Å². The number of rotatable bonds is 4. The van der Waals surface area contributed by atoms with E-state index in [4.69, 9.17) is 17.3 Å². The molecule has 9 heteroatoms. The molecule has 154 valence electrons. The Bertz CT molecular complexity index is 922. The molecule has 2 atom stereocenters. The van der Waals surface area contributed by atoms with E-state index in [1.54, 1.807) is 17.3 Å². The molecule has 0 spiro atoms. The summed E-state index contributed by atoms with van der Waals surface area (Å²) >= 11 is 7.58. The zero-order chi connectivity index (χ0) is 20.5. The molecule has 2 aliphatic rings. The summed E-state index contributed by atoms with van der Waals surface area (Å²) in [7, 11) is 0. The van der Waals surface area contributed by atoms with Crippen LogP contribution in [0.4, 0.5) is 10.2 Å². The summed E-state index contributed by atoms with van der Waals surface area (Å²) in [6, 6.07) is 3.82. The van der Waals surface area contributed by atoms with Crippen molar-refractivity contribution in [2.75, 3.05) is 31.1 Å². The second-order valence-electron chi connectivity index (χ2n) is 7.38. The molecular formula is C20H23ClFN5OS. The molecule has 0 saturated carbocycles. The number of aromatic nitrogens is 2. The van der Waals surface area contributed by atoms with Gasteiger partial charge in [0.1, 0.15) is 18.0 Å². The average Bonchev–Trinajstić information content (AvgIpc) is 3.11. The van der Waals surface area contributed by atoms with Gasteiger partial charge >= 0.3 is 0 Å². The van der Waals surface area contributed by atoms with Crippen LogP contribution >= 0.6 is 23.4 Å². The number of amides is 1. The monoisotopic (exact) mass is 435 g/mol. The highest BCUT2D eigenvalue weighted by Crippen LogP contribution is 2.44. The number of carbonyl (C=O) groups excluding carboxylic acids is 1. The van der Waals surface area contributed by atoms with Crippen LogP contribution in [0.1, 0.15) is 29.0 Å². The molecule has 1 fully saturated rings. The maximum absolute atomic E-state index is 13.6. The summed E-state index contributed by atoms with van der Waals surface area (Å²) in [6.07, 6.45) is 1.91. The molecule has 2 N–H and O–H groups in total. The van der Waals surface area contributed by atoms with Crippen LogP contribution in [0, 0.1) is 5.82 Å². The van der Waals surface area contributed by atoms with Crippen molar-refractivity contribution in [2.45, 2.75) is 30.4 Å². The van der Waals surface area contributed by atoms with Gasteiger partial charge in [-0.15, -0.1) is 11.8 Å². The lowest BCUT2D eigenvalue weighted by atomic mass is 10.0. The van der Waals surface area contributed by atoms with Gasteiger partial charge in [0.15, 0.2) is 0 Å². The van der Waals surface area contributed by atoms with Crippen molar-refractivity contribution in [3.8, 4) is 0 Å². The van der Waals surface area contributed by atoms with Crippen molar-refractivity contribution in [1.82, 2.24) is 14.9 Å². The van der Waals surface area contributed by atoms with Crippen molar-refractivity contribution in [3.63, 3.8) is 0 Å². The molecule has 1 aromatic heterocycles. The van der Waals surface area contributed by atoms with Gasteiger partial charge in [-0.2, -0.15) is 0 Å². The van der Waals surface area contributed by atoms with E-state index in [0.717, 1.165) is 17.3 Å². The molecule has 3 heterocycles. The van der Waals surface area contributed by atoms with Gasteiger partial charge in [-0.05, 0) is 31.0 Å². The quantitative estimate of drug-likeness (QED) is 0.795. The summed E-state index contributed by atoms with van der Waals surface area (Å²) in [5, 5.41) is 0.447. The number of benzene rings is 1. The van der Waals surface area contributed by atoms with Crippen LogP contribution in [-0.4, -0.2) is 53.0 Å². The number of hydrogen-bond donors (Lipinski definition) is 1. The standard InChI is InChI=1S/C20H23ClFN5OS/c1-12-18-17(10-29-12)24-11-25-19(18)26-4-6-27(7-5-26)20(28)16(23)9-13-2-3-14(21)15(22)8-13/h2-3,8,11-12,16H,4-7,9-10,23H2,1H3/t12-,16-/m1/s1. The zero-order valence-electron chi connectivity index (χ0n) is 16.1. The average molecular weight is 436 g/mol. The minimum Gasteiger partial charge on any atom is -0.353 e. The molecular weight excluding hydrogens is 413 g/mol. The summed E-state index contributed by atoms with van der Waals surface area (Å²) in [5.41, 5.74) is 9.12. The minimum atomic E-state index is -0.707. The van der Waals surface area contributed by atoms with Crippen molar-refractivity contribution in [3.05, 3.63) is 52.2 Å². The number of fused-ring (bicyclic) bond motifs is 1. The highest BCUT2D eigenvalue weighted by Gasteiger charge is 2.30. The fraction of sp³-hybridized carbons (Fsp3) is 0.450. The summed E-state index contributed by atoms with van der Waals surface area (Å²) in [6.45, 7) is 4.76. The van der Waals surface area contributed by atoms with Crippen LogP contribution < -0.4 is 10.6 Å². The van der Waals surface area contributed by atoms with Gasteiger partial charge in [0.25, 0.3) is 0 Å². The smallest absolute Gasteiger partial charge is 0.239 e. The number of carbonyl (C=O) groups is 1. The number of hydrogen-bond acceptors (Lipinski definition) is 6. The molecule has 0 bridgehead atoms. The fourth-order valence-electron chi connectivity index (χ4n) is 3.87. The Morgan fingerprint density at radius 2 is 2.10 bits per heavy atom. The summed E-state index contributed by atoms with van der Waals surface area (Å²) < 4.78 is 13.6. The van der Waals surface area contributed by atoms with Gasteiger partial charge < -0.3 is 15.5 Å². The Labute approximate surface area is 178 Å². The first kappa shape index (κ1) is 20.4. The Balaban J connectivity index is 1.38. The van der Waals surface area contributed by atoms with Crippen LogP contribution in [0.25, 0.3) is 0 Å². The van der Waals surface area contributed by atoms with Crippen molar-refractivity contribution in [1.29, 1.82) is 0 Å². The van der Waals surface area contributed by atoms with Crippen LogP contribution in [0.15, 0.2) is 24.5 Å². The van der Waals surface area contributed by atoms with Gasteiger partial charge in [-0.1, -0.05) is 17.7 Å². The highest BCUT2D eigenvalue weighted by molar-refractivity contribution is 7.99. The lowest BCUT2D eigenvalue weighted by molar-refractivity contribution is -0.132. The van der Waals surface area contributed by atoms with E-state index in [1.807, 2.05) is 11.8 Å². The molecule has 1 saturated heterocycles. The van der Waals surface area contributed by atoms with Gasteiger partial charge in [0, 0.05) is 42.7 Å². The number of halogens is 2. The first-order valence-electron chi connectivity index (χ1n) is 9.62. The predicted octanol–water partition coefficient (Wildman–Crippen LogP) is 2.80. The third-order valence-electron chi connectivity index (χ3n) is 5.47. The summed E-state index contributed by atoms with van der Waals surface area (Å²) in [4.78, 5) is 25.7. The Morgan fingerprint density at radius 3 is 2.83 bits per heavy atom. The molecule has 2 aromatic rings. The lowest BCUT2D eigenvalue weighted by Gasteiger charge is -2.37. The molecule has 1 amide bonds. The van der Waals surface area contributed by atoms with Crippen LogP contribution in [-0.2, 0) is 17.0 Å². The fourth-order valence-corrected chi connectivity index (χ4v) is 5.04. The first-order chi connectivity index (χ1) is 13.9. The van der Waals surface area contributed by atoms with Crippen molar-refractivity contribution >= 4 is 35.1 Å². The third kappa shape index (κ3) is 4.20. The van der Waals surface area contributed by atoms with Crippen LogP contribution in [0.5, 0.6) is 0 Å². The zero-order valence-corrected chi connectivity index (χ0v) is 17.7. The maximum Gasteiger partial charge on any atom is 0.239 e. The second-order valence-corrected chi connectivity index (χ2v) is 9.12. The number of thioether (sulfide) groups is 1. The van der Waals surface area contributed by atoms with Crippen LogP contribution in [0.2, 0.25) is 5.02 Å². The number of piperazine rings is 1. The van der Waals surface area contributed by atoms with E-state index in [1.165, 1.54) is 17.7 Å². The van der Waals surface area contributed by atoms with Gasteiger partial charge in [0.2, 0.25) is 5.91 Å². The normalized spacial score (nSPS) is 19.9. The molecule has 4 rings (SSSR count). The van der Waals surface area contributed by atoms with E-state index in [9.17, 15) is 9.18 Å². The second kappa shape index (κ2) is 8.45.